The Balaban J connectivity index is 3.14. The molecule has 0 bridgehead atoms. The fourth-order valence-corrected chi connectivity index (χ4v) is 2.66. The van der Waals surface area contributed by atoms with Gasteiger partial charge in [-0.1, -0.05) is 48.0 Å². The minimum atomic E-state index is 0.316. The first kappa shape index (κ1) is 14.2. The third-order valence-electron chi connectivity index (χ3n) is 4.57. The van der Waals surface area contributed by atoms with Crippen LogP contribution in [-0.2, 0) is 0 Å². The second-order valence-electron chi connectivity index (χ2n) is 6.12. The molecule has 0 aromatic carbocycles. The van der Waals surface area contributed by atoms with E-state index >= 15 is 0 Å². The van der Waals surface area contributed by atoms with Crippen molar-refractivity contribution in [2.24, 2.45) is 17.3 Å². The summed E-state index contributed by atoms with van der Waals surface area (Å²) < 4.78 is 0. The molecule has 2 unspecified atom stereocenters. The molecule has 0 aliphatic rings. The van der Waals surface area contributed by atoms with Crippen molar-refractivity contribution in [3.63, 3.8) is 0 Å². The summed E-state index contributed by atoms with van der Waals surface area (Å²) in [6.45, 7) is 14.1. The molecule has 0 spiro atoms. The highest BCUT2D eigenvalue weighted by Crippen LogP contribution is 2.46. The van der Waals surface area contributed by atoms with E-state index in [1.165, 1.54) is 12.0 Å². The highest BCUT2D eigenvalue weighted by atomic mass is 14.6. The third-order valence-corrected chi connectivity index (χ3v) is 4.57. The number of hydrogen-bond donors (Lipinski definition) is 0. The number of aromatic nitrogens is 1. The molecule has 1 aromatic rings. The Bertz CT molecular complexity index is 327. The molecule has 96 valence electrons. The Morgan fingerprint density at radius 1 is 1.12 bits per heavy atom. The van der Waals surface area contributed by atoms with Crippen molar-refractivity contribution < 1.29 is 0 Å². The van der Waals surface area contributed by atoms with E-state index in [4.69, 9.17) is 0 Å². The van der Waals surface area contributed by atoms with Gasteiger partial charge in [0.15, 0.2) is 0 Å². The molecule has 1 aromatic heterocycles. The molecule has 1 rings (SSSR count). The molecule has 0 amide bonds. The third kappa shape index (κ3) is 3.08. The zero-order valence-corrected chi connectivity index (χ0v) is 12.2. The maximum absolute atomic E-state index is 4.14. The van der Waals surface area contributed by atoms with Crippen LogP contribution >= 0.6 is 0 Å². The minimum Gasteiger partial charge on any atom is -0.265 e. The van der Waals surface area contributed by atoms with E-state index in [-0.39, 0.29) is 0 Å². The fourth-order valence-electron chi connectivity index (χ4n) is 2.66. The molecule has 2 atom stereocenters. The lowest BCUT2D eigenvalue weighted by atomic mass is 9.63. The first-order valence-electron chi connectivity index (χ1n) is 6.81. The van der Waals surface area contributed by atoms with E-state index in [9.17, 15) is 0 Å². The molecule has 0 aliphatic heterocycles. The van der Waals surface area contributed by atoms with E-state index in [0.717, 1.165) is 0 Å². The monoisotopic (exact) mass is 233 g/mol. The van der Waals surface area contributed by atoms with E-state index < -0.39 is 0 Å². The van der Waals surface area contributed by atoms with Crippen molar-refractivity contribution in [2.45, 2.75) is 53.9 Å². The van der Waals surface area contributed by atoms with Gasteiger partial charge in [-0.15, -0.1) is 0 Å². The van der Waals surface area contributed by atoms with E-state index in [2.05, 4.69) is 58.7 Å². The second-order valence-corrected chi connectivity index (χ2v) is 6.12. The summed E-state index contributed by atoms with van der Waals surface area (Å²) in [6.07, 6.45) is 5.06. The van der Waals surface area contributed by atoms with E-state index in [0.29, 0.717) is 23.2 Å². The summed E-state index contributed by atoms with van der Waals surface area (Å²) in [7, 11) is 0. The number of hydrogen-bond acceptors (Lipinski definition) is 1. The Morgan fingerprint density at radius 2 is 1.65 bits per heavy atom. The van der Waals surface area contributed by atoms with Crippen LogP contribution in [0.3, 0.4) is 0 Å². The Morgan fingerprint density at radius 3 is 2.06 bits per heavy atom. The van der Waals surface area contributed by atoms with Crippen LogP contribution in [0.4, 0.5) is 0 Å². The van der Waals surface area contributed by atoms with Crippen LogP contribution in [0.2, 0.25) is 0 Å². The molecule has 0 fully saturated rings. The summed E-state index contributed by atoms with van der Waals surface area (Å²) >= 11 is 0. The Hall–Kier alpha value is -0.850. The average Bonchev–Trinajstić information content (AvgIpc) is 2.30. The lowest BCUT2D eigenvalue weighted by Gasteiger charge is -2.41. The van der Waals surface area contributed by atoms with Crippen molar-refractivity contribution >= 4 is 0 Å². The van der Waals surface area contributed by atoms with Crippen LogP contribution in [0.1, 0.15) is 59.4 Å². The quantitative estimate of drug-likeness (QED) is 0.705. The standard InChI is InChI=1S/C16H27N/c1-7-13(4)15(16(5,6)12(2)3)14-8-10-17-11-9-14/h8-13,15H,7H2,1-6H3. The van der Waals surface area contributed by atoms with Gasteiger partial charge in [-0.05, 0) is 40.9 Å². The van der Waals surface area contributed by atoms with Crippen LogP contribution in [0.15, 0.2) is 24.5 Å². The summed E-state index contributed by atoms with van der Waals surface area (Å²) in [5, 5.41) is 0. The number of rotatable bonds is 5. The molecule has 0 saturated heterocycles. The van der Waals surface area contributed by atoms with Crippen molar-refractivity contribution in [1.82, 2.24) is 4.98 Å². The fraction of sp³-hybridized carbons (Fsp3) is 0.688. The van der Waals surface area contributed by atoms with Gasteiger partial charge in [0, 0.05) is 12.4 Å². The number of nitrogens with zero attached hydrogens (tertiary/aromatic N) is 1. The van der Waals surface area contributed by atoms with Crippen LogP contribution in [0.25, 0.3) is 0 Å². The second kappa shape index (κ2) is 5.66. The SMILES string of the molecule is CCC(C)C(c1ccncc1)C(C)(C)C(C)C. The smallest absolute Gasteiger partial charge is 0.0270 e. The van der Waals surface area contributed by atoms with Gasteiger partial charge < -0.3 is 0 Å². The van der Waals surface area contributed by atoms with Gasteiger partial charge in [-0.3, -0.25) is 4.98 Å². The topological polar surface area (TPSA) is 12.9 Å². The summed E-state index contributed by atoms with van der Waals surface area (Å²) in [6, 6.07) is 4.36. The van der Waals surface area contributed by atoms with Gasteiger partial charge in [0.05, 0.1) is 0 Å². The number of pyridine rings is 1. The zero-order valence-electron chi connectivity index (χ0n) is 12.2. The minimum absolute atomic E-state index is 0.316. The van der Waals surface area contributed by atoms with Gasteiger partial charge in [-0.2, -0.15) is 0 Å². The average molecular weight is 233 g/mol. The summed E-state index contributed by atoms with van der Waals surface area (Å²) in [5.74, 6) is 1.99. The molecule has 0 radical (unpaired) electrons. The molecular weight excluding hydrogens is 206 g/mol. The Labute approximate surface area is 107 Å². The maximum Gasteiger partial charge on any atom is 0.0270 e. The maximum atomic E-state index is 4.14. The lowest BCUT2D eigenvalue weighted by molar-refractivity contribution is 0.148. The Kier molecular flexibility index (Phi) is 4.73. The van der Waals surface area contributed by atoms with Gasteiger partial charge in [0.1, 0.15) is 0 Å². The van der Waals surface area contributed by atoms with Crippen molar-refractivity contribution in [3.05, 3.63) is 30.1 Å². The molecule has 0 saturated carbocycles. The van der Waals surface area contributed by atoms with Crippen LogP contribution < -0.4 is 0 Å². The highest BCUT2D eigenvalue weighted by Gasteiger charge is 2.36. The van der Waals surface area contributed by atoms with Gasteiger partial charge in [0.2, 0.25) is 0 Å². The molecular formula is C16H27N. The molecule has 1 heteroatoms. The summed E-state index contributed by atoms with van der Waals surface area (Å²) in [5.41, 5.74) is 1.75. The van der Waals surface area contributed by atoms with E-state index in [1.54, 1.807) is 0 Å². The van der Waals surface area contributed by atoms with Crippen molar-refractivity contribution in [1.29, 1.82) is 0 Å². The largest absolute Gasteiger partial charge is 0.265 e. The van der Waals surface area contributed by atoms with Gasteiger partial charge in [-0.25, -0.2) is 0 Å². The molecule has 1 heterocycles. The lowest BCUT2D eigenvalue weighted by Crippen LogP contribution is -2.32. The molecule has 1 nitrogen and oxygen atoms in total. The molecule has 0 N–H and O–H groups in total. The highest BCUT2D eigenvalue weighted by molar-refractivity contribution is 5.20. The molecule has 0 aliphatic carbocycles. The van der Waals surface area contributed by atoms with E-state index in [1.807, 2.05) is 12.4 Å². The van der Waals surface area contributed by atoms with Crippen LogP contribution in [-0.4, -0.2) is 4.98 Å². The normalized spacial score (nSPS) is 15.9. The van der Waals surface area contributed by atoms with Gasteiger partial charge in [0.25, 0.3) is 0 Å². The van der Waals surface area contributed by atoms with Crippen LogP contribution in [0, 0.1) is 17.3 Å². The molecule has 17 heavy (non-hydrogen) atoms. The zero-order chi connectivity index (χ0) is 13.1. The predicted molar refractivity (Wildman–Crippen MR) is 75.1 cm³/mol. The summed E-state index contributed by atoms with van der Waals surface area (Å²) in [4.78, 5) is 4.14. The van der Waals surface area contributed by atoms with Crippen molar-refractivity contribution in [2.75, 3.05) is 0 Å². The first-order chi connectivity index (χ1) is 7.91. The predicted octanol–water partition coefficient (Wildman–Crippen LogP) is 4.89. The first-order valence-corrected chi connectivity index (χ1v) is 6.81. The van der Waals surface area contributed by atoms with Crippen molar-refractivity contribution in [3.8, 4) is 0 Å². The van der Waals surface area contributed by atoms with Gasteiger partial charge >= 0.3 is 0 Å². The van der Waals surface area contributed by atoms with Crippen LogP contribution in [0.5, 0.6) is 0 Å².